The minimum atomic E-state index is 0. The number of hydrogen-bond donors (Lipinski definition) is 2. The van der Waals surface area contributed by atoms with Crippen molar-refractivity contribution in [3.63, 3.8) is 0 Å². The molecule has 1 aromatic rings. The average Bonchev–Trinajstić information content (AvgIpc) is 2.39. The van der Waals surface area contributed by atoms with Crippen molar-refractivity contribution in [1.82, 2.24) is 5.32 Å². The van der Waals surface area contributed by atoms with E-state index in [-0.39, 0.29) is 18.4 Å². The molecular weight excluding hydrogens is 248 g/mol. The van der Waals surface area contributed by atoms with Crippen molar-refractivity contribution in [3.8, 4) is 5.75 Å². The molecule has 4 heteroatoms. The zero-order valence-corrected chi connectivity index (χ0v) is 11.9. The van der Waals surface area contributed by atoms with Crippen LogP contribution in [-0.4, -0.2) is 20.2 Å². The second-order valence-corrected chi connectivity index (χ2v) is 4.84. The summed E-state index contributed by atoms with van der Waals surface area (Å²) < 4.78 is 5.27. The summed E-state index contributed by atoms with van der Waals surface area (Å²) in [4.78, 5) is 0. The zero-order chi connectivity index (χ0) is 12.3. The zero-order valence-electron chi connectivity index (χ0n) is 11.1. The molecule has 0 aliphatic carbocycles. The van der Waals surface area contributed by atoms with Crippen LogP contribution in [0.25, 0.3) is 0 Å². The summed E-state index contributed by atoms with van der Waals surface area (Å²) in [5.74, 6) is 1.54. The molecule has 0 amide bonds. The Labute approximate surface area is 116 Å². The van der Waals surface area contributed by atoms with Crippen molar-refractivity contribution in [3.05, 3.63) is 29.3 Å². The lowest BCUT2D eigenvalue weighted by Gasteiger charge is -2.28. The van der Waals surface area contributed by atoms with Gasteiger partial charge < -0.3 is 15.8 Å². The molecule has 1 saturated heterocycles. The molecule has 3 N–H and O–H groups in total. The number of ether oxygens (including phenoxy) is 1. The average molecular weight is 271 g/mol. The lowest BCUT2D eigenvalue weighted by molar-refractivity contribution is 0.322. The number of hydrogen-bond acceptors (Lipinski definition) is 3. The Hall–Kier alpha value is -0.770. The predicted octanol–water partition coefficient (Wildman–Crippen LogP) is 2.42. The summed E-state index contributed by atoms with van der Waals surface area (Å²) in [7, 11) is 1.70. The monoisotopic (exact) mass is 270 g/mol. The molecule has 0 aromatic heterocycles. The molecule has 1 aromatic carbocycles. The van der Waals surface area contributed by atoms with E-state index in [9.17, 15) is 0 Å². The Bertz CT molecular complexity index is 378. The Balaban J connectivity index is 0.00000162. The van der Waals surface area contributed by atoms with Crippen molar-refractivity contribution in [2.75, 3.05) is 20.2 Å². The number of methoxy groups -OCH3 is 1. The lowest BCUT2D eigenvalue weighted by Crippen LogP contribution is -2.33. The fraction of sp³-hybridized carbons (Fsp3) is 0.571. The molecule has 2 rings (SSSR count). The fourth-order valence-corrected chi connectivity index (χ4v) is 2.58. The van der Waals surface area contributed by atoms with Crippen LogP contribution in [-0.2, 0) is 0 Å². The summed E-state index contributed by atoms with van der Waals surface area (Å²) in [5, 5.41) is 3.38. The summed E-state index contributed by atoms with van der Waals surface area (Å²) in [6, 6.07) is 6.43. The van der Waals surface area contributed by atoms with Gasteiger partial charge in [-0.2, -0.15) is 0 Å². The first-order chi connectivity index (χ1) is 8.22. The van der Waals surface area contributed by atoms with Crippen molar-refractivity contribution < 1.29 is 4.74 Å². The molecule has 0 spiro atoms. The van der Waals surface area contributed by atoms with Gasteiger partial charge in [-0.05, 0) is 56.0 Å². The highest BCUT2D eigenvalue weighted by molar-refractivity contribution is 5.85. The van der Waals surface area contributed by atoms with E-state index in [0.717, 1.165) is 24.4 Å². The number of halogens is 1. The lowest BCUT2D eigenvalue weighted by atomic mass is 9.86. The minimum Gasteiger partial charge on any atom is -0.496 e. The van der Waals surface area contributed by atoms with Crippen LogP contribution < -0.4 is 15.8 Å². The molecule has 1 aliphatic heterocycles. The van der Waals surface area contributed by atoms with Gasteiger partial charge in [0.1, 0.15) is 5.75 Å². The minimum absolute atomic E-state index is 0. The van der Waals surface area contributed by atoms with Gasteiger partial charge in [-0.3, -0.25) is 0 Å². The van der Waals surface area contributed by atoms with Gasteiger partial charge in [0, 0.05) is 6.04 Å². The van der Waals surface area contributed by atoms with Crippen LogP contribution in [0.1, 0.15) is 30.0 Å². The normalized spacial score (nSPS) is 17.9. The quantitative estimate of drug-likeness (QED) is 0.887. The number of nitrogens with two attached hydrogens (primary N) is 1. The molecule has 18 heavy (non-hydrogen) atoms. The van der Waals surface area contributed by atoms with Gasteiger partial charge in [-0.15, -0.1) is 12.4 Å². The van der Waals surface area contributed by atoms with E-state index in [0.29, 0.717) is 5.92 Å². The maximum Gasteiger partial charge on any atom is 0.121 e. The molecule has 0 saturated carbocycles. The number of rotatable bonds is 3. The van der Waals surface area contributed by atoms with Crippen molar-refractivity contribution in [1.29, 1.82) is 0 Å². The number of piperidine rings is 1. The third kappa shape index (κ3) is 3.37. The highest BCUT2D eigenvalue weighted by Crippen LogP contribution is 2.29. The number of aryl methyl sites for hydroxylation is 1. The SMILES string of the molecule is COc1ccc([C@H](N)C2CCNCC2)cc1C.Cl. The molecule has 3 nitrogen and oxygen atoms in total. The van der Waals surface area contributed by atoms with Crippen LogP contribution in [0.3, 0.4) is 0 Å². The van der Waals surface area contributed by atoms with Gasteiger partial charge in [-0.1, -0.05) is 12.1 Å². The van der Waals surface area contributed by atoms with Gasteiger partial charge in [0.05, 0.1) is 7.11 Å². The Morgan fingerprint density at radius 1 is 1.33 bits per heavy atom. The van der Waals surface area contributed by atoms with Crippen molar-refractivity contribution in [2.45, 2.75) is 25.8 Å². The van der Waals surface area contributed by atoms with Crippen LogP contribution in [0.4, 0.5) is 0 Å². The summed E-state index contributed by atoms with van der Waals surface area (Å²) in [6.45, 7) is 4.25. The molecule has 1 atom stereocenters. The van der Waals surface area contributed by atoms with E-state index < -0.39 is 0 Å². The predicted molar refractivity (Wildman–Crippen MR) is 77.5 cm³/mol. The Morgan fingerprint density at radius 2 is 2.00 bits per heavy atom. The first kappa shape index (κ1) is 15.3. The van der Waals surface area contributed by atoms with Crippen LogP contribution in [0.5, 0.6) is 5.75 Å². The molecule has 0 unspecified atom stereocenters. The van der Waals surface area contributed by atoms with E-state index in [2.05, 4.69) is 24.4 Å². The van der Waals surface area contributed by atoms with E-state index in [1.54, 1.807) is 7.11 Å². The highest BCUT2D eigenvalue weighted by atomic mass is 35.5. The van der Waals surface area contributed by atoms with E-state index in [1.165, 1.54) is 18.4 Å². The topological polar surface area (TPSA) is 47.3 Å². The molecule has 0 bridgehead atoms. The summed E-state index contributed by atoms with van der Waals surface area (Å²) in [6.07, 6.45) is 2.35. The first-order valence-electron chi connectivity index (χ1n) is 6.33. The van der Waals surface area contributed by atoms with Crippen LogP contribution in [0, 0.1) is 12.8 Å². The maximum absolute atomic E-state index is 6.36. The van der Waals surface area contributed by atoms with Crippen LogP contribution >= 0.6 is 12.4 Å². The van der Waals surface area contributed by atoms with Crippen molar-refractivity contribution >= 4 is 12.4 Å². The Morgan fingerprint density at radius 3 is 2.56 bits per heavy atom. The summed E-state index contributed by atoms with van der Waals surface area (Å²) in [5.41, 5.74) is 8.75. The van der Waals surface area contributed by atoms with E-state index in [1.807, 2.05) is 6.07 Å². The molecule has 0 radical (unpaired) electrons. The van der Waals surface area contributed by atoms with Crippen LogP contribution in [0.2, 0.25) is 0 Å². The fourth-order valence-electron chi connectivity index (χ4n) is 2.58. The largest absolute Gasteiger partial charge is 0.496 e. The molecule has 1 heterocycles. The first-order valence-corrected chi connectivity index (χ1v) is 6.33. The van der Waals surface area contributed by atoms with Gasteiger partial charge in [0.25, 0.3) is 0 Å². The van der Waals surface area contributed by atoms with Gasteiger partial charge in [-0.25, -0.2) is 0 Å². The molecular formula is C14H23ClN2O. The van der Waals surface area contributed by atoms with E-state index in [4.69, 9.17) is 10.5 Å². The maximum atomic E-state index is 6.36. The van der Waals surface area contributed by atoms with Gasteiger partial charge >= 0.3 is 0 Å². The summed E-state index contributed by atoms with van der Waals surface area (Å²) >= 11 is 0. The third-order valence-corrected chi connectivity index (χ3v) is 3.70. The number of benzene rings is 1. The second kappa shape index (κ2) is 6.98. The van der Waals surface area contributed by atoms with Crippen molar-refractivity contribution in [2.24, 2.45) is 11.7 Å². The van der Waals surface area contributed by atoms with E-state index >= 15 is 0 Å². The third-order valence-electron chi connectivity index (χ3n) is 3.70. The smallest absolute Gasteiger partial charge is 0.121 e. The molecule has 102 valence electrons. The van der Waals surface area contributed by atoms with Crippen LogP contribution in [0.15, 0.2) is 18.2 Å². The van der Waals surface area contributed by atoms with Gasteiger partial charge in [0.2, 0.25) is 0 Å². The molecule has 1 fully saturated rings. The Kier molecular flexibility index (Phi) is 5.93. The number of nitrogens with one attached hydrogen (secondary N) is 1. The van der Waals surface area contributed by atoms with Gasteiger partial charge in [0.15, 0.2) is 0 Å². The standard InChI is InChI=1S/C14H22N2O.ClH/c1-10-9-12(3-4-13(10)17-2)14(15)11-5-7-16-8-6-11;/h3-4,9,11,14,16H,5-8,15H2,1-2H3;1H/t14-;/m1./s1. The molecule has 1 aliphatic rings. The second-order valence-electron chi connectivity index (χ2n) is 4.84. The highest BCUT2D eigenvalue weighted by Gasteiger charge is 2.21.